The molecule has 1 fully saturated rings. The standard InChI is InChI=1S/C18H30N6/c1-5-24-10-6-7-15(18(24)16-11-20-22(3)13-16)12-21(2)14-17-8-9-19-23(17)4/h8-9,11,13,15,18H,5-7,10,12,14H2,1-4H3/t15-,18+/m0/s1. The fourth-order valence-electron chi connectivity index (χ4n) is 4.07. The molecule has 3 rings (SSSR count). The number of rotatable bonds is 6. The van der Waals surface area contributed by atoms with Gasteiger partial charge in [0.25, 0.3) is 0 Å². The van der Waals surface area contributed by atoms with E-state index < -0.39 is 0 Å². The van der Waals surface area contributed by atoms with E-state index in [0.717, 1.165) is 19.6 Å². The lowest BCUT2D eigenvalue weighted by molar-refractivity contribution is 0.0744. The third kappa shape index (κ3) is 3.70. The Morgan fingerprint density at radius 1 is 1.29 bits per heavy atom. The first-order valence-electron chi connectivity index (χ1n) is 8.96. The number of aromatic nitrogens is 4. The van der Waals surface area contributed by atoms with Crippen LogP contribution >= 0.6 is 0 Å². The first kappa shape index (κ1) is 17.2. The first-order chi connectivity index (χ1) is 11.6. The highest BCUT2D eigenvalue weighted by Crippen LogP contribution is 2.36. The Bertz CT molecular complexity index is 645. The van der Waals surface area contributed by atoms with Crippen molar-refractivity contribution in [3.8, 4) is 0 Å². The Morgan fingerprint density at radius 3 is 2.75 bits per heavy atom. The van der Waals surface area contributed by atoms with Crippen LogP contribution in [0.5, 0.6) is 0 Å². The number of aryl methyl sites for hydroxylation is 2. The van der Waals surface area contributed by atoms with E-state index in [9.17, 15) is 0 Å². The molecule has 0 amide bonds. The molecular formula is C18H30N6. The molecule has 0 aromatic carbocycles. The average molecular weight is 330 g/mol. The van der Waals surface area contributed by atoms with Crippen molar-refractivity contribution in [2.75, 3.05) is 26.7 Å². The summed E-state index contributed by atoms with van der Waals surface area (Å²) in [6, 6.07) is 2.58. The minimum atomic E-state index is 0.478. The van der Waals surface area contributed by atoms with Crippen LogP contribution in [0.15, 0.2) is 24.7 Å². The van der Waals surface area contributed by atoms with E-state index >= 15 is 0 Å². The molecule has 3 heterocycles. The fourth-order valence-corrected chi connectivity index (χ4v) is 4.07. The molecule has 1 aliphatic heterocycles. The summed E-state index contributed by atoms with van der Waals surface area (Å²) in [5.74, 6) is 0.640. The molecule has 2 aromatic heterocycles. The van der Waals surface area contributed by atoms with Crippen LogP contribution in [0.3, 0.4) is 0 Å². The maximum absolute atomic E-state index is 4.41. The Balaban J connectivity index is 1.72. The van der Waals surface area contributed by atoms with Gasteiger partial charge in [0, 0.05) is 51.2 Å². The Hall–Kier alpha value is -1.66. The fraction of sp³-hybridized carbons (Fsp3) is 0.667. The second-order valence-corrected chi connectivity index (χ2v) is 7.07. The quantitative estimate of drug-likeness (QED) is 0.813. The molecule has 24 heavy (non-hydrogen) atoms. The van der Waals surface area contributed by atoms with Gasteiger partial charge in [0.15, 0.2) is 0 Å². The molecule has 6 heteroatoms. The van der Waals surface area contributed by atoms with Crippen molar-refractivity contribution in [3.05, 3.63) is 35.9 Å². The van der Waals surface area contributed by atoms with Crippen LogP contribution in [-0.4, -0.2) is 56.0 Å². The van der Waals surface area contributed by atoms with Crippen LogP contribution < -0.4 is 0 Å². The molecule has 2 aromatic rings. The zero-order valence-electron chi connectivity index (χ0n) is 15.4. The zero-order valence-corrected chi connectivity index (χ0v) is 15.4. The second kappa shape index (κ2) is 7.49. The van der Waals surface area contributed by atoms with Gasteiger partial charge < -0.3 is 4.90 Å². The lowest BCUT2D eigenvalue weighted by atomic mass is 9.85. The van der Waals surface area contributed by atoms with Gasteiger partial charge in [-0.3, -0.25) is 14.3 Å². The summed E-state index contributed by atoms with van der Waals surface area (Å²) in [6.45, 7) is 6.60. The molecule has 1 saturated heterocycles. The van der Waals surface area contributed by atoms with Crippen LogP contribution in [-0.2, 0) is 20.6 Å². The molecule has 0 bridgehead atoms. The van der Waals surface area contributed by atoms with E-state index in [0.29, 0.717) is 12.0 Å². The monoisotopic (exact) mass is 330 g/mol. The highest BCUT2D eigenvalue weighted by molar-refractivity contribution is 5.13. The van der Waals surface area contributed by atoms with Crippen LogP contribution in [0.25, 0.3) is 0 Å². The summed E-state index contributed by atoms with van der Waals surface area (Å²) in [7, 11) is 6.24. The maximum atomic E-state index is 4.41. The molecular weight excluding hydrogens is 300 g/mol. The molecule has 0 N–H and O–H groups in total. The summed E-state index contributed by atoms with van der Waals surface area (Å²) in [5.41, 5.74) is 2.62. The number of hydrogen-bond donors (Lipinski definition) is 0. The molecule has 0 spiro atoms. The van der Waals surface area contributed by atoms with Gasteiger partial charge in [-0.2, -0.15) is 10.2 Å². The summed E-state index contributed by atoms with van der Waals surface area (Å²) in [6.07, 6.45) is 8.68. The first-order valence-corrected chi connectivity index (χ1v) is 8.96. The summed E-state index contributed by atoms with van der Waals surface area (Å²) < 4.78 is 3.89. The number of piperidine rings is 1. The average Bonchev–Trinajstić information content (AvgIpc) is 3.16. The van der Waals surface area contributed by atoms with Crippen molar-refractivity contribution in [3.63, 3.8) is 0 Å². The Kier molecular flexibility index (Phi) is 5.36. The number of hydrogen-bond acceptors (Lipinski definition) is 4. The van der Waals surface area contributed by atoms with Gasteiger partial charge in [0.05, 0.1) is 11.9 Å². The predicted molar refractivity (Wildman–Crippen MR) is 95.5 cm³/mol. The van der Waals surface area contributed by atoms with E-state index in [1.165, 1.54) is 30.6 Å². The van der Waals surface area contributed by atoms with Gasteiger partial charge in [-0.1, -0.05) is 6.92 Å². The number of likely N-dealkylation sites (tertiary alicyclic amines) is 1. The largest absolute Gasteiger partial charge is 0.300 e. The lowest BCUT2D eigenvalue weighted by Gasteiger charge is -2.42. The minimum Gasteiger partial charge on any atom is -0.300 e. The zero-order chi connectivity index (χ0) is 17.1. The van der Waals surface area contributed by atoms with E-state index in [-0.39, 0.29) is 0 Å². The topological polar surface area (TPSA) is 42.1 Å². The van der Waals surface area contributed by atoms with E-state index in [2.05, 4.69) is 46.2 Å². The molecule has 2 atom stereocenters. The van der Waals surface area contributed by atoms with Crippen LogP contribution in [0.1, 0.15) is 37.1 Å². The van der Waals surface area contributed by atoms with Crippen LogP contribution in [0.2, 0.25) is 0 Å². The minimum absolute atomic E-state index is 0.478. The van der Waals surface area contributed by atoms with Gasteiger partial charge in [0.2, 0.25) is 0 Å². The molecule has 132 valence electrons. The smallest absolute Gasteiger partial charge is 0.0537 e. The van der Waals surface area contributed by atoms with Crippen molar-refractivity contribution < 1.29 is 0 Å². The number of nitrogens with zero attached hydrogens (tertiary/aromatic N) is 6. The van der Waals surface area contributed by atoms with Crippen molar-refractivity contribution in [1.29, 1.82) is 0 Å². The molecule has 1 aliphatic rings. The molecule has 0 aliphatic carbocycles. The van der Waals surface area contributed by atoms with Crippen molar-refractivity contribution in [2.45, 2.75) is 32.4 Å². The van der Waals surface area contributed by atoms with Crippen molar-refractivity contribution in [1.82, 2.24) is 29.4 Å². The van der Waals surface area contributed by atoms with Crippen LogP contribution in [0.4, 0.5) is 0 Å². The second-order valence-electron chi connectivity index (χ2n) is 7.07. The summed E-state index contributed by atoms with van der Waals surface area (Å²) in [4.78, 5) is 5.05. The predicted octanol–water partition coefficient (Wildman–Crippen LogP) is 2.06. The highest BCUT2D eigenvalue weighted by Gasteiger charge is 2.33. The molecule has 6 nitrogen and oxygen atoms in total. The molecule has 0 unspecified atom stereocenters. The van der Waals surface area contributed by atoms with Gasteiger partial charge in [-0.15, -0.1) is 0 Å². The van der Waals surface area contributed by atoms with E-state index in [4.69, 9.17) is 0 Å². The SMILES string of the molecule is CCN1CCC[C@@H](CN(C)Cc2ccnn2C)[C@@H]1c1cnn(C)c1. The van der Waals surface area contributed by atoms with Crippen molar-refractivity contribution in [2.24, 2.45) is 20.0 Å². The maximum Gasteiger partial charge on any atom is 0.0537 e. The van der Waals surface area contributed by atoms with Gasteiger partial charge in [0.1, 0.15) is 0 Å². The normalized spacial score (nSPS) is 22.4. The third-order valence-corrected chi connectivity index (χ3v) is 5.23. The highest BCUT2D eigenvalue weighted by atomic mass is 15.3. The lowest BCUT2D eigenvalue weighted by Crippen LogP contribution is -2.42. The van der Waals surface area contributed by atoms with E-state index in [1.807, 2.05) is 35.9 Å². The Labute approximate surface area is 145 Å². The Morgan fingerprint density at radius 2 is 2.12 bits per heavy atom. The summed E-state index contributed by atoms with van der Waals surface area (Å²) in [5, 5.41) is 8.69. The van der Waals surface area contributed by atoms with Crippen LogP contribution in [0, 0.1) is 5.92 Å². The van der Waals surface area contributed by atoms with Gasteiger partial charge in [-0.05, 0) is 45.0 Å². The molecule has 0 radical (unpaired) electrons. The summed E-state index contributed by atoms with van der Waals surface area (Å²) >= 11 is 0. The molecule has 0 saturated carbocycles. The van der Waals surface area contributed by atoms with Gasteiger partial charge in [-0.25, -0.2) is 0 Å². The van der Waals surface area contributed by atoms with E-state index in [1.54, 1.807) is 0 Å². The third-order valence-electron chi connectivity index (χ3n) is 5.23. The van der Waals surface area contributed by atoms with Crippen molar-refractivity contribution >= 4 is 0 Å². The van der Waals surface area contributed by atoms with Gasteiger partial charge >= 0.3 is 0 Å².